The Morgan fingerprint density at radius 2 is 2.38 bits per heavy atom. The van der Waals surface area contributed by atoms with Crippen molar-refractivity contribution in [2.24, 2.45) is 5.73 Å². The topological polar surface area (TPSA) is 72.5 Å². The number of rotatable bonds is 3. The summed E-state index contributed by atoms with van der Waals surface area (Å²) in [5.74, 6) is -0.286. The van der Waals surface area contributed by atoms with Crippen LogP contribution in [0.25, 0.3) is 0 Å². The molecular formula is C12H15NO3. The Bertz CT molecular complexity index is 417. The van der Waals surface area contributed by atoms with E-state index in [1.165, 1.54) is 5.56 Å². The number of ether oxygens (including phenoxy) is 1. The van der Waals surface area contributed by atoms with Crippen molar-refractivity contribution in [3.8, 4) is 5.75 Å². The van der Waals surface area contributed by atoms with E-state index in [2.05, 4.69) is 0 Å². The molecule has 0 saturated carbocycles. The summed E-state index contributed by atoms with van der Waals surface area (Å²) in [7, 11) is 1.60. The van der Waals surface area contributed by atoms with Gasteiger partial charge >= 0.3 is 5.97 Å². The van der Waals surface area contributed by atoms with E-state index in [1.54, 1.807) is 7.11 Å². The zero-order valence-corrected chi connectivity index (χ0v) is 9.14. The Labute approximate surface area is 94.0 Å². The van der Waals surface area contributed by atoms with Crippen molar-refractivity contribution in [2.75, 3.05) is 7.11 Å². The number of aryl methyl sites for hydroxylation is 1. The van der Waals surface area contributed by atoms with Gasteiger partial charge in [-0.3, -0.25) is 4.79 Å². The maximum atomic E-state index is 10.9. The molecule has 0 fully saturated rings. The zero-order valence-electron chi connectivity index (χ0n) is 9.14. The molecule has 2 unspecified atom stereocenters. The zero-order chi connectivity index (χ0) is 11.7. The van der Waals surface area contributed by atoms with Gasteiger partial charge in [-0.15, -0.1) is 0 Å². The van der Waals surface area contributed by atoms with Gasteiger partial charge in [0.2, 0.25) is 0 Å². The number of carboxylic acids is 1. The molecule has 0 amide bonds. The fourth-order valence-corrected chi connectivity index (χ4v) is 2.28. The largest absolute Gasteiger partial charge is 0.497 e. The lowest BCUT2D eigenvalue weighted by Crippen LogP contribution is -2.35. The summed E-state index contributed by atoms with van der Waals surface area (Å²) in [5.41, 5.74) is 7.89. The molecule has 1 aliphatic rings. The lowest BCUT2D eigenvalue weighted by molar-refractivity contribution is -0.139. The maximum absolute atomic E-state index is 10.9. The number of nitrogens with two attached hydrogens (primary N) is 1. The van der Waals surface area contributed by atoms with Gasteiger partial charge in [0.15, 0.2) is 0 Å². The molecule has 0 heterocycles. The van der Waals surface area contributed by atoms with Gasteiger partial charge in [-0.05, 0) is 36.1 Å². The third-order valence-corrected chi connectivity index (χ3v) is 3.20. The van der Waals surface area contributed by atoms with Crippen molar-refractivity contribution in [3.63, 3.8) is 0 Å². The lowest BCUT2D eigenvalue weighted by Gasteiger charge is -2.16. The summed E-state index contributed by atoms with van der Waals surface area (Å²) in [6.07, 6.45) is 1.70. The van der Waals surface area contributed by atoms with Crippen LogP contribution < -0.4 is 10.5 Å². The molecule has 0 aliphatic heterocycles. The van der Waals surface area contributed by atoms with Gasteiger partial charge in [0.25, 0.3) is 0 Å². The highest BCUT2D eigenvalue weighted by Gasteiger charge is 2.31. The van der Waals surface area contributed by atoms with E-state index in [1.807, 2.05) is 18.2 Å². The molecule has 86 valence electrons. The standard InChI is InChI=1S/C12H15NO3/c1-16-8-4-2-7-3-5-9(10(7)6-8)11(13)12(14)15/h2,4,6,9,11H,3,5,13H2,1H3,(H,14,15). The average molecular weight is 221 g/mol. The minimum atomic E-state index is -0.944. The van der Waals surface area contributed by atoms with Crippen LogP contribution in [-0.4, -0.2) is 24.2 Å². The molecule has 1 aromatic carbocycles. The van der Waals surface area contributed by atoms with Gasteiger partial charge in [0.1, 0.15) is 11.8 Å². The second-order valence-corrected chi connectivity index (χ2v) is 4.07. The van der Waals surface area contributed by atoms with Crippen molar-refractivity contribution in [1.82, 2.24) is 0 Å². The lowest BCUT2D eigenvalue weighted by atomic mass is 9.94. The second-order valence-electron chi connectivity index (χ2n) is 4.07. The number of benzene rings is 1. The summed E-state index contributed by atoms with van der Waals surface area (Å²) in [4.78, 5) is 10.9. The molecule has 16 heavy (non-hydrogen) atoms. The van der Waals surface area contributed by atoms with Gasteiger partial charge < -0.3 is 15.6 Å². The molecular weight excluding hydrogens is 206 g/mol. The highest BCUT2D eigenvalue weighted by atomic mass is 16.5. The molecule has 0 radical (unpaired) electrons. The van der Waals surface area contributed by atoms with Crippen LogP contribution >= 0.6 is 0 Å². The number of carbonyl (C=O) groups is 1. The van der Waals surface area contributed by atoms with Crippen molar-refractivity contribution in [2.45, 2.75) is 24.8 Å². The van der Waals surface area contributed by atoms with E-state index in [0.717, 1.165) is 24.2 Å². The summed E-state index contributed by atoms with van der Waals surface area (Å²) in [6.45, 7) is 0. The molecule has 0 bridgehead atoms. The molecule has 1 aromatic rings. The summed E-state index contributed by atoms with van der Waals surface area (Å²) >= 11 is 0. The fourth-order valence-electron chi connectivity index (χ4n) is 2.28. The van der Waals surface area contributed by atoms with Gasteiger partial charge in [-0.2, -0.15) is 0 Å². The summed E-state index contributed by atoms with van der Waals surface area (Å²) < 4.78 is 5.14. The first-order valence-electron chi connectivity index (χ1n) is 5.28. The predicted molar refractivity (Wildman–Crippen MR) is 59.7 cm³/mol. The molecule has 3 N–H and O–H groups in total. The Morgan fingerprint density at radius 1 is 1.62 bits per heavy atom. The Morgan fingerprint density at radius 3 is 3.00 bits per heavy atom. The van der Waals surface area contributed by atoms with Gasteiger partial charge in [-0.1, -0.05) is 6.07 Å². The van der Waals surface area contributed by atoms with Crippen molar-refractivity contribution >= 4 is 5.97 Å². The number of hydrogen-bond donors (Lipinski definition) is 2. The van der Waals surface area contributed by atoms with E-state index in [-0.39, 0.29) is 5.92 Å². The van der Waals surface area contributed by atoms with Crippen LogP contribution in [0.1, 0.15) is 23.5 Å². The summed E-state index contributed by atoms with van der Waals surface area (Å²) in [5, 5.41) is 8.94. The number of carboxylic acid groups (broad SMARTS) is 1. The second kappa shape index (κ2) is 4.14. The molecule has 2 rings (SSSR count). The van der Waals surface area contributed by atoms with Crippen molar-refractivity contribution in [1.29, 1.82) is 0 Å². The van der Waals surface area contributed by atoms with Gasteiger partial charge in [-0.25, -0.2) is 0 Å². The van der Waals surface area contributed by atoms with E-state index in [4.69, 9.17) is 15.6 Å². The first kappa shape index (κ1) is 11.0. The van der Waals surface area contributed by atoms with E-state index < -0.39 is 12.0 Å². The van der Waals surface area contributed by atoms with Crippen LogP contribution in [0.4, 0.5) is 0 Å². The fraction of sp³-hybridized carbons (Fsp3) is 0.417. The third-order valence-electron chi connectivity index (χ3n) is 3.20. The van der Waals surface area contributed by atoms with Crippen molar-refractivity contribution in [3.05, 3.63) is 29.3 Å². The van der Waals surface area contributed by atoms with E-state index in [9.17, 15) is 4.79 Å². The molecule has 0 spiro atoms. The van der Waals surface area contributed by atoms with Crippen LogP contribution in [0.3, 0.4) is 0 Å². The van der Waals surface area contributed by atoms with E-state index in [0.29, 0.717) is 0 Å². The number of aliphatic carboxylic acids is 1. The normalized spacial score (nSPS) is 20.2. The van der Waals surface area contributed by atoms with E-state index >= 15 is 0 Å². The maximum Gasteiger partial charge on any atom is 0.321 e. The quantitative estimate of drug-likeness (QED) is 0.802. The monoisotopic (exact) mass is 221 g/mol. The first-order chi connectivity index (χ1) is 7.63. The Hall–Kier alpha value is -1.55. The molecule has 0 saturated heterocycles. The third kappa shape index (κ3) is 1.76. The Balaban J connectivity index is 2.34. The molecule has 1 aliphatic carbocycles. The highest BCUT2D eigenvalue weighted by molar-refractivity contribution is 5.75. The predicted octanol–water partition coefficient (Wildman–Crippen LogP) is 1.14. The number of methoxy groups -OCH3 is 1. The van der Waals surface area contributed by atoms with Gasteiger partial charge in [0, 0.05) is 5.92 Å². The average Bonchev–Trinajstić information content (AvgIpc) is 2.70. The van der Waals surface area contributed by atoms with Crippen LogP contribution in [0.5, 0.6) is 5.75 Å². The van der Waals surface area contributed by atoms with Crippen LogP contribution in [0.2, 0.25) is 0 Å². The highest BCUT2D eigenvalue weighted by Crippen LogP contribution is 2.36. The minimum Gasteiger partial charge on any atom is -0.497 e. The first-order valence-corrected chi connectivity index (χ1v) is 5.28. The SMILES string of the molecule is COc1ccc2c(c1)C(C(N)C(=O)O)CC2. The molecule has 4 nitrogen and oxygen atoms in total. The summed E-state index contributed by atoms with van der Waals surface area (Å²) in [6, 6.07) is 4.96. The van der Waals surface area contributed by atoms with Crippen molar-refractivity contribution < 1.29 is 14.6 Å². The molecule has 2 atom stereocenters. The smallest absolute Gasteiger partial charge is 0.321 e. The molecule has 4 heteroatoms. The van der Waals surface area contributed by atoms with Crippen LogP contribution in [0, 0.1) is 0 Å². The number of hydrogen-bond acceptors (Lipinski definition) is 3. The van der Waals surface area contributed by atoms with Gasteiger partial charge in [0.05, 0.1) is 7.11 Å². The number of fused-ring (bicyclic) bond motifs is 1. The minimum absolute atomic E-state index is 0.0948. The molecule has 0 aromatic heterocycles. The van der Waals surface area contributed by atoms with Crippen LogP contribution in [-0.2, 0) is 11.2 Å². The van der Waals surface area contributed by atoms with Crippen LogP contribution in [0.15, 0.2) is 18.2 Å². The Kier molecular flexibility index (Phi) is 2.83.